The summed E-state index contributed by atoms with van der Waals surface area (Å²) in [6, 6.07) is 8.51. The van der Waals surface area contributed by atoms with Crippen LogP contribution in [0.25, 0.3) is 11.3 Å². The summed E-state index contributed by atoms with van der Waals surface area (Å²) < 4.78 is 0. The zero-order valence-corrected chi connectivity index (χ0v) is 13.4. The lowest BCUT2D eigenvalue weighted by atomic mass is 10.0. The lowest BCUT2D eigenvalue weighted by molar-refractivity contribution is 0.189. The molecule has 23 heavy (non-hydrogen) atoms. The predicted molar refractivity (Wildman–Crippen MR) is 93.5 cm³/mol. The number of benzene rings is 1. The number of aryl methyl sites for hydroxylation is 1. The van der Waals surface area contributed by atoms with Crippen molar-refractivity contribution in [3.8, 4) is 11.3 Å². The Hall–Kier alpha value is -2.14. The van der Waals surface area contributed by atoms with Gasteiger partial charge in [-0.3, -0.25) is 0 Å². The first-order valence-electron chi connectivity index (χ1n) is 8.52. The number of nitrogens with two attached hydrogens (primary N) is 1. The van der Waals surface area contributed by atoms with Crippen molar-refractivity contribution in [2.45, 2.75) is 25.7 Å². The minimum Gasteiger partial charge on any atom is -0.368 e. The fourth-order valence-corrected chi connectivity index (χ4v) is 3.47. The highest BCUT2D eigenvalue weighted by molar-refractivity contribution is 5.73. The first-order chi connectivity index (χ1) is 11.3. The van der Waals surface area contributed by atoms with Crippen LogP contribution < -0.4 is 11.1 Å². The molecule has 5 heteroatoms. The van der Waals surface area contributed by atoms with Crippen molar-refractivity contribution in [1.82, 2.24) is 14.9 Å². The molecule has 1 aliphatic carbocycles. The van der Waals surface area contributed by atoms with Crippen LogP contribution in [-0.2, 0) is 12.8 Å². The third kappa shape index (κ3) is 2.88. The summed E-state index contributed by atoms with van der Waals surface area (Å²) >= 11 is 0. The van der Waals surface area contributed by atoms with E-state index in [1.807, 2.05) is 0 Å². The van der Waals surface area contributed by atoms with E-state index in [4.69, 9.17) is 5.73 Å². The van der Waals surface area contributed by atoms with Crippen LogP contribution in [0.1, 0.15) is 24.0 Å². The fourth-order valence-electron chi connectivity index (χ4n) is 3.47. The molecular weight excluding hydrogens is 286 g/mol. The Bertz CT molecular complexity index is 709. The van der Waals surface area contributed by atoms with Crippen LogP contribution in [0, 0.1) is 0 Å². The second kappa shape index (κ2) is 6.16. The summed E-state index contributed by atoms with van der Waals surface area (Å²) in [5.41, 5.74) is 10.8. The van der Waals surface area contributed by atoms with Gasteiger partial charge in [-0.25, -0.2) is 4.98 Å². The Kier molecular flexibility index (Phi) is 3.87. The maximum absolute atomic E-state index is 5.99. The molecule has 0 saturated carbocycles. The van der Waals surface area contributed by atoms with Gasteiger partial charge >= 0.3 is 0 Å². The van der Waals surface area contributed by atoms with Gasteiger partial charge in [-0.05, 0) is 44.3 Å². The second-order valence-electron chi connectivity index (χ2n) is 6.39. The first-order valence-corrected chi connectivity index (χ1v) is 8.52. The third-order valence-corrected chi connectivity index (χ3v) is 4.84. The number of rotatable bonds is 4. The van der Waals surface area contributed by atoms with Crippen LogP contribution >= 0.6 is 0 Å². The number of anilines is 2. The molecule has 0 amide bonds. The quantitative estimate of drug-likeness (QED) is 0.907. The Labute approximate surface area is 136 Å². The van der Waals surface area contributed by atoms with E-state index in [9.17, 15) is 0 Å². The summed E-state index contributed by atoms with van der Waals surface area (Å²) in [5.74, 6) is 1.27. The van der Waals surface area contributed by atoms with Gasteiger partial charge in [-0.1, -0.05) is 24.3 Å². The van der Waals surface area contributed by atoms with Gasteiger partial charge in [0, 0.05) is 24.2 Å². The van der Waals surface area contributed by atoms with Gasteiger partial charge in [-0.15, -0.1) is 0 Å². The van der Waals surface area contributed by atoms with Crippen LogP contribution in [0.2, 0.25) is 0 Å². The number of hydrogen-bond donors (Lipinski definition) is 2. The average molecular weight is 309 g/mol. The van der Waals surface area contributed by atoms with E-state index >= 15 is 0 Å². The van der Waals surface area contributed by atoms with Gasteiger partial charge in [0.05, 0.1) is 5.69 Å². The standard InChI is InChI=1S/C18H23N5/c19-18-21-16-14-7-2-1-5-13(14)6-3-8-15(16)17(22-18)20-9-12-23-10-4-11-23/h1-2,5,7H,3-4,6,8-12H2,(H3,19,20,21,22). The molecule has 2 aromatic rings. The highest BCUT2D eigenvalue weighted by atomic mass is 15.2. The molecule has 2 aliphatic rings. The van der Waals surface area contributed by atoms with Crippen molar-refractivity contribution >= 4 is 11.8 Å². The van der Waals surface area contributed by atoms with Crippen LogP contribution in [-0.4, -0.2) is 41.0 Å². The SMILES string of the molecule is Nc1nc(NCCN2CCC2)c2c(n1)-c1ccccc1CCC2. The van der Waals surface area contributed by atoms with Crippen molar-refractivity contribution in [2.24, 2.45) is 0 Å². The molecule has 0 bridgehead atoms. The smallest absolute Gasteiger partial charge is 0.222 e. The van der Waals surface area contributed by atoms with E-state index in [1.165, 1.54) is 36.2 Å². The number of fused-ring (bicyclic) bond motifs is 3. The molecule has 0 spiro atoms. The van der Waals surface area contributed by atoms with Gasteiger partial charge in [-0.2, -0.15) is 4.98 Å². The molecule has 3 N–H and O–H groups in total. The fraction of sp³-hybridized carbons (Fsp3) is 0.444. The zero-order chi connectivity index (χ0) is 15.6. The van der Waals surface area contributed by atoms with E-state index in [0.29, 0.717) is 5.95 Å². The van der Waals surface area contributed by atoms with Crippen molar-refractivity contribution < 1.29 is 0 Å². The highest BCUT2D eigenvalue weighted by Crippen LogP contribution is 2.34. The molecule has 1 saturated heterocycles. The topological polar surface area (TPSA) is 67.1 Å². The molecule has 0 atom stereocenters. The molecule has 4 rings (SSSR count). The van der Waals surface area contributed by atoms with E-state index in [-0.39, 0.29) is 0 Å². The van der Waals surface area contributed by atoms with Crippen molar-refractivity contribution in [2.75, 3.05) is 37.2 Å². The maximum Gasteiger partial charge on any atom is 0.222 e. The third-order valence-electron chi connectivity index (χ3n) is 4.84. The van der Waals surface area contributed by atoms with Crippen LogP contribution in [0.4, 0.5) is 11.8 Å². The molecule has 1 aromatic carbocycles. The number of aromatic nitrogens is 2. The van der Waals surface area contributed by atoms with Crippen LogP contribution in [0.15, 0.2) is 24.3 Å². The van der Waals surface area contributed by atoms with Crippen LogP contribution in [0.5, 0.6) is 0 Å². The molecular formula is C18H23N5. The number of hydrogen-bond acceptors (Lipinski definition) is 5. The average Bonchev–Trinajstić information content (AvgIpc) is 2.69. The predicted octanol–water partition coefficient (Wildman–Crippen LogP) is 2.33. The molecule has 5 nitrogen and oxygen atoms in total. The van der Waals surface area contributed by atoms with E-state index in [2.05, 4.69) is 44.5 Å². The van der Waals surface area contributed by atoms with E-state index in [0.717, 1.165) is 43.9 Å². The van der Waals surface area contributed by atoms with Gasteiger partial charge in [0.1, 0.15) is 5.82 Å². The Balaban J connectivity index is 1.65. The highest BCUT2D eigenvalue weighted by Gasteiger charge is 2.20. The molecule has 2 heterocycles. The van der Waals surface area contributed by atoms with Gasteiger partial charge in [0.25, 0.3) is 0 Å². The molecule has 0 unspecified atom stereocenters. The minimum absolute atomic E-state index is 0.354. The normalized spacial score (nSPS) is 16.9. The number of nitrogens with zero attached hydrogens (tertiary/aromatic N) is 3. The van der Waals surface area contributed by atoms with Gasteiger partial charge < -0.3 is 16.0 Å². The Morgan fingerprint density at radius 3 is 2.78 bits per heavy atom. The van der Waals surface area contributed by atoms with E-state index < -0.39 is 0 Å². The second-order valence-corrected chi connectivity index (χ2v) is 6.39. The number of likely N-dealkylation sites (tertiary alicyclic amines) is 1. The van der Waals surface area contributed by atoms with Crippen molar-refractivity contribution in [3.05, 3.63) is 35.4 Å². The molecule has 1 fully saturated rings. The molecule has 1 aromatic heterocycles. The summed E-state index contributed by atoms with van der Waals surface area (Å²) in [6.07, 6.45) is 4.53. The van der Waals surface area contributed by atoms with Gasteiger partial charge in [0.2, 0.25) is 5.95 Å². The lowest BCUT2D eigenvalue weighted by Crippen LogP contribution is -2.40. The summed E-state index contributed by atoms with van der Waals surface area (Å²) in [5, 5.41) is 3.50. The molecule has 120 valence electrons. The maximum atomic E-state index is 5.99. The molecule has 0 radical (unpaired) electrons. The largest absolute Gasteiger partial charge is 0.368 e. The first kappa shape index (κ1) is 14.5. The van der Waals surface area contributed by atoms with Crippen LogP contribution in [0.3, 0.4) is 0 Å². The molecule has 1 aliphatic heterocycles. The summed E-state index contributed by atoms with van der Waals surface area (Å²) in [7, 11) is 0. The summed E-state index contributed by atoms with van der Waals surface area (Å²) in [4.78, 5) is 11.5. The Morgan fingerprint density at radius 1 is 1.09 bits per heavy atom. The Morgan fingerprint density at radius 2 is 1.96 bits per heavy atom. The van der Waals surface area contributed by atoms with Crippen molar-refractivity contribution in [1.29, 1.82) is 0 Å². The van der Waals surface area contributed by atoms with Crippen molar-refractivity contribution in [3.63, 3.8) is 0 Å². The number of nitrogens with one attached hydrogen (secondary N) is 1. The minimum atomic E-state index is 0.354. The summed E-state index contributed by atoms with van der Waals surface area (Å²) in [6.45, 7) is 4.41. The van der Waals surface area contributed by atoms with E-state index in [1.54, 1.807) is 0 Å². The monoisotopic (exact) mass is 309 g/mol. The zero-order valence-electron chi connectivity index (χ0n) is 13.4. The van der Waals surface area contributed by atoms with Gasteiger partial charge in [0.15, 0.2) is 0 Å². The number of nitrogen functional groups attached to an aromatic ring is 1. The lowest BCUT2D eigenvalue weighted by Gasteiger charge is -2.30.